The van der Waals surface area contributed by atoms with Crippen LogP contribution in [0.5, 0.6) is 0 Å². The van der Waals surface area contributed by atoms with Gasteiger partial charge in [0, 0.05) is 10.8 Å². The molecule has 0 fully saturated rings. The van der Waals surface area contributed by atoms with E-state index in [1.807, 2.05) is 18.2 Å². The van der Waals surface area contributed by atoms with Gasteiger partial charge in [0.2, 0.25) is 0 Å². The topological polar surface area (TPSA) is 17.1 Å². The quantitative estimate of drug-likeness (QED) is 0.754. The molecule has 2 unspecified atom stereocenters. The molecule has 1 nitrogen and oxygen atoms in total. The van der Waals surface area contributed by atoms with Gasteiger partial charge in [0.25, 0.3) is 0 Å². The predicted octanol–water partition coefficient (Wildman–Crippen LogP) is 4.33. The molecule has 3 rings (SSSR count). The van der Waals surface area contributed by atoms with Crippen molar-refractivity contribution in [3.63, 3.8) is 0 Å². The summed E-state index contributed by atoms with van der Waals surface area (Å²) in [7, 11) is -1.03. The van der Waals surface area contributed by atoms with Crippen LogP contribution in [-0.2, 0) is 10.8 Å². The normalized spacial score (nSPS) is 20.8. The summed E-state index contributed by atoms with van der Waals surface area (Å²) in [4.78, 5) is 2.03. The zero-order chi connectivity index (χ0) is 13.6. The fraction of sp³-hybridized carbons (Fsp3) is 0.294. The van der Waals surface area contributed by atoms with Crippen LogP contribution in [0.4, 0.5) is 0 Å². The van der Waals surface area contributed by atoms with Gasteiger partial charge in [-0.05, 0) is 43.0 Å². The van der Waals surface area contributed by atoms with E-state index in [4.69, 9.17) is 0 Å². The van der Waals surface area contributed by atoms with Crippen LogP contribution in [-0.4, -0.2) is 4.21 Å². The summed E-state index contributed by atoms with van der Waals surface area (Å²) in [6, 6.07) is 12.5. The number of fused-ring (bicyclic) bond motifs is 2. The van der Waals surface area contributed by atoms with E-state index in [0.29, 0.717) is 5.92 Å². The molecule has 2 aromatic rings. The van der Waals surface area contributed by atoms with Gasteiger partial charge in [-0.1, -0.05) is 42.8 Å². The van der Waals surface area contributed by atoms with Gasteiger partial charge in [0.1, 0.15) is 0 Å². The molecule has 1 heterocycles. The first kappa shape index (κ1) is 12.6. The average molecular weight is 270 g/mol. The van der Waals surface area contributed by atoms with Crippen LogP contribution in [0.15, 0.2) is 46.2 Å². The highest BCUT2D eigenvalue weighted by Gasteiger charge is 2.30. The Bertz CT molecular complexity index is 673. The van der Waals surface area contributed by atoms with Crippen LogP contribution in [0.25, 0.3) is 0 Å². The van der Waals surface area contributed by atoms with Crippen molar-refractivity contribution in [3.05, 3.63) is 58.7 Å². The van der Waals surface area contributed by atoms with E-state index < -0.39 is 10.8 Å². The van der Waals surface area contributed by atoms with E-state index in [-0.39, 0.29) is 0 Å². The Morgan fingerprint density at radius 3 is 2.58 bits per heavy atom. The van der Waals surface area contributed by atoms with E-state index in [9.17, 15) is 4.21 Å². The number of hydrogen-bond donors (Lipinski definition) is 0. The smallest absolute Gasteiger partial charge is 0.0858 e. The maximum Gasteiger partial charge on any atom is 0.0858 e. The third-order valence-corrected chi connectivity index (χ3v) is 5.61. The van der Waals surface area contributed by atoms with Gasteiger partial charge >= 0.3 is 0 Å². The molecule has 0 radical (unpaired) electrons. The van der Waals surface area contributed by atoms with Gasteiger partial charge in [0.05, 0.1) is 15.7 Å². The summed E-state index contributed by atoms with van der Waals surface area (Å²) >= 11 is 0. The molecule has 0 bridgehead atoms. The van der Waals surface area contributed by atoms with Crippen LogP contribution in [0.1, 0.15) is 41.5 Å². The van der Waals surface area contributed by atoms with Crippen LogP contribution >= 0.6 is 0 Å². The molecule has 1 aliphatic rings. The average Bonchev–Trinajstić information content (AvgIpc) is 2.38. The molecule has 0 aromatic heterocycles. The summed E-state index contributed by atoms with van der Waals surface area (Å²) in [5.41, 5.74) is 4.91. The standard InChI is InChI=1S/C17H18OS/c1-4-13-14-7-5-6-8-16(14)19(18)17-12(3)9-11(2)10-15(13)17/h5-10,13H,4H2,1-3H3. The fourth-order valence-corrected chi connectivity index (χ4v) is 4.77. The Morgan fingerprint density at radius 2 is 1.84 bits per heavy atom. The lowest BCUT2D eigenvalue weighted by Gasteiger charge is -2.28. The van der Waals surface area contributed by atoms with Crippen molar-refractivity contribution < 1.29 is 4.21 Å². The largest absolute Gasteiger partial charge is 0.249 e. The minimum Gasteiger partial charge on any atom is -0.249 e. The first-order valence-corrected chi connectivity index (χ1v) is 7.90. The fourth-order valence-electron chi connectivity index (χ4n) is 3.15. The van der Waals surface area contributed by atoms with Crippen LogP contribution in [0, 0.1) is 13.8 Å². The van der Waals surface area contributed by atoms with Gasteiger partial charge < -0.3 is 0 Å². The van der Waals surface area contributed by atoms with Gasteiger partial charge in [-0.15, -0.1) is 0 Å². The summed E-state index contributed by atoms with van der Waals surface area (Å²) in [6.07, 6.45) is 1.05. The third kappa shape index (κ3) is 1.86. The van der Waals surface area contributed by atoms with Crippen LogP contribution in [0.3, 0.4) is 0 Å². The number of hydrogen-bond acceptors (Lipinski definition) is 1. The Balaban J connectivity index is 2.34. The highest BCUT2D eigenvalue weighted by Crippen LogP contribution is 2.42. The summed E-state index contributed by atoms with van der Waals surface area (Å²) in [6.45, 7) is 6.39. The Hall–Kier alpha value is -1.41. The highest BCUT2D eigenvalue weighted by molar-refractivity contribution is 7.85. The first-order valence-electron chi connectivity index (χ1n) is 6.75. The second kappa shape index (κ2) is 4.61. The summed E-state index contributed by atoms with van der Waals surface area (Å²) in [5.74, 6) is 0.377. The van der Waals surface area contributed by atoms with Crippen molar-refractivity contribution in [1.82, 2.24) is 0 Å². The lowest BCUT2D eigenvalue weighted by Crippen LogP contribution is -2.16. The molecule has 2 heteroatoms. The van der Waals surface area contributed by atoms with Crippen molar-refractivity contribution in [1.29, 1.82) is 0 Å². The second-order valence-electron chi connectivity index (χ2n) is 5.27. The molecule has 0 saturated carbocycles. The minimum atomic E-state index is -1.03. The number of benzene rings is 2. The van der Waals surface area contributed by atoms with E-state index >= 15 is 0 Å². The van der Waals surface area contributed by atoms with Gasteiger partial charge in [-0.2, -0.15) is 0 Å². The Kier molecular flexibility index (Phi) is 3.06. The minimum absolute atomic E-state index is 0.377. The lowest BCUT2D eigenvalue weighted by atomic mass is 9.87. The Morgan fingerprint density at radius 1 is 1.11 bits per heavy atom. The molecule has 0 amide bonds. The van der Waals surface area contributed by atoms with E-state index in [1.54, 1.807) is 0 Å². The van der Waals surface area contributed by atoms with E-state index in [1.165, 1.54) is 16.7 Å². The van der Waals surface area contributed by atoms with Crippen molar-refractivity contribution >= 4 is 10.8 Å². The summed E-state index contributed by atoms with van der Waals surface area (Å²) < 4.78 is 12.8. The van der Waals surface area contributed by atoms with Crippen molar-refractivity contribution in [2.45, 2.75) is 42.9 Å². The molecule has 0 aliphatic carbocycles. The summed E-state index contributed by atoms with van der Waals surface area (Å²) in [5, 5.41) is 0. The molecule has 0 N–H and O–H groups in total. The lowest BCUT2D eigenvalue weighted by molar-refractivity contribution is 0.664. The molecule has 2 atom stereocenters. The predicted molar refractivity (Wildman–Crippen MR) is 79.2 cm³/mol. The third-order valence-electron chi connectivity index (χ3n) is 3.91. The van der Waals surface area contributed by atoms with Gasteiger partial charge in [-0.25, -0.2) is 4.21 Å². The second-order valence-corrected chi connectivity index (χ2v) is 6.65. The maximum absolute atomic E-state index is 12.8. The van der Waals surface area contributed by atoms with Crippen LogP contribution in [0.2, 0.25) is 0 Å². The highest BCUT2D eigenvalue weighted by atomic mass is 32.2. The zero-order valence-corrected chi connectivity index (χ0v) is 12.4. The Labute approximate surface area is 117 Å². The number of aryl methyl sites for hydroxylation is 2. The molecule has 2 aromatic carbocycles. The maximum atomic E-state index is 12.8. The molecule has 0 spiro atoms. The van der Waals surface area contributed by atoms with E-state index in [2.05, 4.69) is 39.0 Å². The first-order chi connectivity index (χ1) is 9.13. The molecular formula is C17H18OS. The molecule has 98 valence electrons. The molecule has 19 heavy (non-hydrogen) atoms. The monoisotopic (exact) mass is 270 g/mol. The van der Waals surface area contributed by atoms with Gasteiger partial charge in [0.15, 0.2) is 0 Å². The SMILES string of the molecule is CCC1c2ccccc2S(=O)c2c(C)cc(C)cc21. The zero-order valence-electron chi connectivity index (χ0n) is 11.6. The molecule has 1 aliphatic heterocycles. The van der Waals surface area contributed by atoms with Crippen molar-refractivity contribution in [3.8, 4) is 0 Å². The van der Waals surface area contributed by atoms with Crippen molar-refractivity contribution in [2.24, 2.45) is 0 Å². The molecule has 0 saturated heterocycles. The van der Waals surface area contributed by atoms with Gasteiger partial charge in [-0.3, -0.25) is 0 Å². The number of rotatable bonds is 1. The van der Waals surface area contributed by atoms with E-state index in [0.717, 1.165) is 21.8 Å². The molecular weight excluding hydrogens is 252 g/mol. The van der Waals surface area contributed by atoms with Crippen LogP contribution < -0.4 is 0 Å². The van der Waals surface area contributed by atoms with Crippen molar-refractivity contribution in [2.75, 3.05) is 0 Å².